The first-order valence-electron chi connectivity index (χ1n) is 6.75. The van der Waals surface area contributed by atoms with Crippen molar-refractivity contribution in [3.63, 3.8) is 0 Å². The summed E-state index contributed by atoms with van der Waals surface area (Å²) < 4.78 is 0. The van der Waals surface area contributed by atoms with Crippen molar-refractivity contribution in [1.29, 1.82) is 0 Å². The third-order valence-electron chi connectivity index (χ3n) is 3.91. The van der Waals surface area contributed by atoms with E-state index in [1.807, 2.05) is 4.90 Å². The van der Waals surface area contributed by atoms with Crippen molar-refractivity contribution in [2.75, 3.05) is 26.2 Å². The normalized spacial score (nSPS) is 30.5. The molecule has 1 amide bonds. The van der Waals surface area contributed by atoms with Crippen LogP contribution in [0.15, 0.2) is 0 Å². The molecule has 0 spiro atoms. The summed E-state index contributed by atoms with van der Waals surface area (Å²) in [5.41, 5.74) is 0. The predicted octanol–water partition coefficient (Wildman–Crippen LogP) is 0.461. The quantitative estimate of drug-likeness (QED) is 0.753. The maximum absolute atomic E-state index is 12.1. The number of hydrogen-bond acceptors (Lipinski definition) is 3. The molecule has 2 atom stereocenters. The Morgan fingerprint density at radius 3 is 2.71 bits per heavy atom. The first-order chi connectivity index (χ1) is 8.08. The molecule has 0 aromatic heterocycles. The summed E-state index contributed by atoms with van der Waals surface area (Å²) in [5.74, 6) is 1.31. The van der Waals surface area contributed by atoms with Gasteiger partial charge in [0.1, 0.15) is 0 Å². The van der Waals surface area contributed by atoms with Crippen molar-refractivity contribution < 1.29 is 9.90 Å². The highest BCUT2D eigenvalue weighted by atomic mass is 16.3. The highest BCUT2D eigenvalue weighted by Gasteiger charge is 2.35. The highest BCUT2D eigenvalue weighted by molar-refractivity contribution is 5.80. The molecule has 2 aliphatic heterocycles. The Labute approximate surface area is 103 Å². The van der Waals surface area contributed by atoms with Crippen molar-refractivity contribution >= 4 is 5.91 Å². The molecule has 0 aromatic carbocycles. The minimum absolute atomic E-state index is 0.185. The van der Waals surface area contributed by atoms with Crippen LogP contribution in [-0.4, -0.2) is 48.2 Å². The Hall–Kier alpha value is -0.610. The molecule has 4 nitrogen and oxygen atoms in total. The smallest absolute Gasteiger partial charge is 0.228 e. The van der Waals surface area contributed by atoms with Crippen LogP contribution >= 0.6 is 0 Å². The Morgan fingerprint density at radius 2 is 2.18 bits per heavy atom. The van der Waals surface area contributed by atoms with Crippen molar-refractivity contribution in [2.45, 2.75) is 32.8 Å². The van der Waals surface area contributed by atoms with Gasteiger partial charge in [0.2, 0.25) is 5.91 Å². The van der Waals surface area contributed by atoms with Gasteiger partial charge in [0, 0.05) is 32.1 Å². The molecule has 0 bridgehead atoms. The largest absolute Gasteiger partial charge is 0.393 e. The number of rotatable bonds is 3. The first-order valence-corrected chi connectivity index (χ1v) is 6.75. The first kappa shape index (κ1) is 12.8. The molecule has 2 fully saturated rings. The van der Waals surface area contributed by atoms with Crippen molar-refractivity contribution in [2.24, 2.45) is 17.8 Å². The van der Waals surface area contributed by atoms with Gasteiger partial charge in [0.15, 0.2) is 0 Å². The summed E-state index contributed by atoms with van der Waals surface area (Å²) in [7, 11) is 0. The fourth-order valence-corrected chi connectivity index (χ4v) is 2.78. The Bertz CT molecular complexity index is 277. The highest BCUT2D eigenvalue weighted by Crippen LogP contribution is 2.25. The van der Waals surface area contributed by atoms with E-state index in [0.29, 0.717) is 5.92 Å². The van der Waals surface area contributed by atoms with Crippen LogP contribution < -0.4 is 5.32 Å². The summed E-state index contributed by atoms with van der Waals surface area (Å²) >= 11 is 0. The summed E-state index contributed by atoms with van der Waals surface area (Å²) in [5, 5.41) is 13.1. The number of nitrogens with one attached hydrogen (secondary N) is 1. The molecule has 2 rings (SSSR count). The SMILES string of the molecule is CC(C)C[C@H]1CN(C(=O)C2CNC2)CC[C@@H]1O. The number of amides is 1. The van der Waals surface area contributed by atoms with Gasteiger partial charge in [-0.05, 0) is 18.8 Å². The van der Waals surface area contributed by atoms with E-state index in [2.05, 4.69) is 19.2 Å². The van der Waals surface area contributed by atoms with Gasteiger partial charge in [0.25, 0.3) is 0 Å². The number of piperidine rings is 1. The van der Waals surface area contributed by atoms with Crippen LogP contribution in [-0.2, 0) is 4.79 Å². The minimum atomic E-state index is -0.221. The lowest BCUT2D eigenvalue weighted by atomic mass is 9.86. The van der Waals surface area contributed by atoms with E-state index in [4.69, 9.17) is 0 Å². The van der Waals surface area contributed by atoms with E-state index in [-0.39, 0.29) is 23.8 Å². The third kappa shape index (κ3) is 2.99. The zero-order chi connectivity index (χ0) is 12.4. The van der Waals surface area contributed by atoms with Gasteiger partial charge in [-0.15, -0.1) is 0 Å². The fourth-order valence-electron chi connectivity index (χ4n) is 2.78. The van der Waals surface area contributed by atoms with E-state index < -0.39 is 0 Å². The van der Waals surface area contributed by atoms with Crippen molar-refractivity contribution in [3.8, 4) is 0 Å². The lowest BCUT2D eigenvalue weighted by Crippen LogP contribution is -2.55. The van der Waals surface area contributed by atoms with Gasteiger partial charge in [-0.3, -0.25) is 4.79 Å². The van der Waals surface area contributed by atoms with Gasteiger partial charge < -0.3 is 15.3 Å². The summed E-state index contributed by atoms with van der Waals surface area (Å²) in [6.45, 7) is 7.46. The number of likely N-dealkylation sites (tertiary alicyclic amines) is 1. The van der Waals surface area contributed by atoms with Gasteiger partial charge in [-0.25, -0.2) is 0 Å². The molecule has 0 unspecified atom stereocenters. The fraction of sp³-hybridized carbons (Fsp3) is 0.923. The van der Waals surface area contributed by atoms with E-state index in [1.165, 1.54) is 0 Å². The average molecular weight is 240 g/mol. The van der Waals surface area contributed by atoms with Crippen LogP contribution in [0.2, 0.25) is 0 Å². The minimum Gasteiger partial charge on any atom is -0.393 e. The molecule has 98 valence electrons. The molecule has 0 saturated carbocycles. The molecule has 0 radical (unpaired) electrons. The standard InChI is InChI=1S/C13H24N2O2/c1-9(2)5-10-8-15(4-3-12(10)16)13(17)11-6-14-7-11/h9-12,14,16H,3-8H2,1-2H3/t10-,12-/m0/s1. The number of nitrogens with zero attached hydrogens (tertiary/aromatic N) is 1. The van der Waals surface area contributed by atoms with Crippen LogP contribution in [0, 0.1) is 17.8 Å². The molecular weight excluding hydrogens is 216 g/mol. The lowest BCUT2D eigenvalue weighted by molar-refractivity contribution is -0.141. The maximum atomic E-state index is 12.1. The topological polar surface area (TPSA) is 52.6 Å². The maximum Gasteiger partial charge on any atom is 0.228 e. The molecule has 2 N–H and O–H groups in total. The second-order valence-corrected chi connectivity index (χ2v) is 5.89. The predicted molar refractivity (Wildman–Crippen MR) is 66.5 cm³/mol. The van der Waals surface area contributed by atoms with Gasteiger partial charge in [-0.1, -0.05) is 13.8 Å². The monoisotopic (exact) mass is 240 g/mol. The van der Waals surface area contributed by atoms with Crippen LogP contribution in [0.25, 0.3) is 0 Å². The molecule has 0 aromatic rings. The molecule has 4 heteroatoms. The number of carbonyl (C=O) groups excluding carboxylic acids is 1. The van der Waals surface area contributed by atoms with Crippen LogP contribution in [0.4, 0.5) is 0 Å². The van der Waals surface area contributed by atoms with Crippen molar-refractivity contribution in [1.82, 2.24) is 10.2 Å². The van der Waals surface area contributed by atoms with E-state index in [9.17, 15) is 9.90 Å². The molecule has 2 heterocycles. The number of carbonyl (C=O) groups is 1. The number of aliphatic hydroxyl groups is 1. The number of aliphatic hydroxyl groups excluding tert-OH is 1. The summed E-state index contributed by atoms with van der Waals surface area (Å²) in [6.07, 6.45) is 1.53. The molecule has 0 aliphatic carbocycles. The zero-order valence-electron chi connectivity index (χ0n) is 10.9. The Balaban J connectivity index is 1.89. The van der Waals surface area contributed by atoms with Crippen LogP contribution in [0.5, 0.6) is 0 Å². The van der Waals surface area contributed by atoms with Crippen LogP contribution in [0.1, 0.15) is 26.7 Å². The van der Waals surface area contributed by atoms with Gasteiger partial charge >= 0.3 is 0 Å². The Kier molecular flexibility index (Phi) is 4.05. The van der Waals surface area contributed by atoms with E-state index in [0.717, 1.165) is 39.0 Å². The second kappa shape index (κ2) is 5.36. The molecule has 17 heavy (non-hydrogen) atoms. The zero-order valence-corrected chi connectivity index (χ0v) is 10.9. The van der Waals surface area contributed by atoms with Gasteiger partial charge in [-0.2, -0.15) is 0 Å². The molecular formula is C13H24N2O2. The Morgan fingerprint density at radius 1 is 1.47 bits per heavy atom. The average Bonchev–Trinajstić information content (AvgIpc) is 2.18. The lowest BCUT2D eigenvalue weighted by Gasteiger charge is -2.40. The van der Waals surface area contributed by atoms with E-state index >= 15 is 0 Å². The second-order valence-electron chi connectivity index (χ2n) is 5.89. The van der Waals surface area contributed by atoms with Gasteiger partial charge in [0.05, 0.1) is 12.0 Å². The number of hydrogen-bond donors (Lipinski definition) is 2. The summed E-state index contributed by atoms with van der Waals surface area (Å²) in [4.78, 5) is 14.1. The molecule has 2 saturated heterocycles. The van der Waals surface area contributed by atoms with Crippen LogP contribution in [0.3, 0.4) is 0 Å². The third-order valence-corrected chi connectivity index (χ3v) is 3.91. The summed E-state index contributed by atoms with van der Waals surface area (Å²) in [6, 6.07) is 0. The van der Waals surface area contributed by atoms with Crippen molar-refractivity contribution in [3.05, 3.63) is 0 Å². The molecule has 2 aliphatic rings. The van der Waals surface area contributed by atoms with E-state index in [1.54, 1.807) is 0 Å².